The molecular weight excluding hydrogens is 256 g/mol. The topological polar surface area (TPSA) is 17.1 Å². The summed E-state index contributed by atoms with van der Waals surface area (Å²) < 4.78 is 0. The Bertz CT molecular complexity index is 520. The van der Waals surface area contributed by atoms with E-state index in [9.17, 15) is 4.79 Å². The standard InChI is InChI=1S/C20H30O/c1-13(2)14-6-8-16-15(12-14)7-9-17-19(3,4)18(21)10-11-20(16,17)5/h7,12-13,16-17H,6,8-11H2,1-5H3/t16?,17?,20-/m1/s1. The van der Waals surface area contributed by atoms with Gasteiger partial charge in [-0.3, -0.25) is 4.79 Å². The van der Waals surface area contributed by atoms with Crippen LogP contribution in [0.3, 0.4) is 0 Å². The second kappa shape index (κ2) is 4.83. The lowest BCUT2D eigenvalue weighted by Gasteiger charge is -2.56. The van der Waals surface area contributed by atoms with Gasteiger partial charge in [0.2, 0.25) is 0 Å². The summed E-state index contributed by atoms with van der Waals surface area (Å²) in [5, 5.41) is 0. The van der Waals surface area contributed by atoms with E-state index >= 15 is 0 Å². The molecule has 2 unspecified atom stereocenters. The van der Waals surface area contributed by atoms with Gasteiger partial charge in [-0.25, -0.2) is 0 Å². The van der Waals surface area contributed by atoms with E-state index in [0.717, 1.165) is 19.3 Å². The molecule has 0 amide bonds. The van der Waals surface area contributed by atoms with Crippen molar-refractivity contribution in [3.05, 3.63) is 23.3 Å². The Morgan fingerprint density at radius 1 is 1.19 bits per heavy atom. The predicted octanol–water partition coefficient (Wildman–Crippen LogP) is 5.32. The predicted molar refractivity (Wildman–Crippen MR) is 88.0 cm³/mol. The van der Waals surface area contributed by atoms with Gasteiger partial charge in [0.05, 0.1) is 0 Å². The van der Waals surface area contributed by atoms with Crippen molar-refractivity contribution in [2.45, 2.75) is 66.7 Å². The molecule has 0 heterocycles. The first kappa shape index (κ1) is 15.1. The third kappa shape index (κ3) is 2.15. The van der Waals surface area contributed by atoms with E-state index in [0.29, 0.717) is 29.0 Å². The van der Waals surface area contributed by atoms with Crippen LogP contribution in [0.1, 0.15) is 66.7 Å². The molecule has 1 fully saturated rings. The minimum Gasteiger partial charge on any atom is -0.299 e. The average Bonchev–Trinajstić information content (AvgIpc) is 2.43. The molecule has 0 bridgehead atoms. The van der Waals surface area contributed by atoms with E-state index in [1.54, 1.807) is 11.1 Å². The van der Waals surface area contributed by atoms with E-state index in [-0.39, 0.29) is 5.41 Å². The summed E-state index contributed by atoms with van der Waals surface area (Å²) in [6, 6.07) is 0. The van der Waals surface area contributed by atoms with Gasteiger partial charge in [-0.05, 0) is 54.4 Å². The van der Waals surface area contributed by atoms with Crippen LogP contribution in [0.25, 0.3) is 0 Å². The Morgan fingerprint density at radius 2 is 1.90 bits per heavy atom. The highest BCUT2D eigenvalue weighted by molar-refractivity contribution is 5.85. The highest BCUT2D eigenvalue weighted by Gasteiger charge is 2.55. The number of hydrogen-bond acceptors (Lipinski definition) is 1. The zero-order valence-corrected chi connectivity index (χ0v) is 14.3. The maximum Gasteiger partial charge on any atom is 0.138 e. The lowest BCUT2D eigenvalue weighted by atomic mass is 9.47. The minimum absolute atomic E-state index is 0.142. The SMILES string of the molecule is CC(C)C1=CC2=CCC3C(C)(C)C(=O)CC[C@]3(C)C2CC1. The number of Topliss-reactive ketones (excluding diaryl/α,β-unsaturated/α-hetero) is 1. The van der Waals surface area contributed by atoms with Crippen LogP contribution in [0, 0.1) is 28.6 Å². The first-order valence-electron chi connectivity index (χ1n) is 8.70. The fourth-order valence-electron chi connectivity index (χ4n) is 5.36. The van der Waals surface area contributed by atoms with Crippen molar-refractivity contribution in [1.82, 2.24) is 0 Å². The van der Waals surface area contributed by atoms with Gasteiger partial charge in [-0.15, -0.1) is 0 Å². The van der Waals surface area contributed by atoms with Gasteiger partial charge >= 0.3 is 0 Å². The molecule has 0 spiro atoms. The van der Waals surface area contributed by atoms with Gasteiger partial charge in [-0.2, -0.15) is 0 Å². The zero-order chi connectivity index (χ0) is 15.4. The van der Waals surface area contributed by atoms with Crippen molar-refractivity contribution in [3.63, 3.8) is 0 Å². The van der Waals surface area contributed by atoms with Crippen molar-refractivity contribution in [2.75, 3.05) is 0 Å². The fraction of sp³-hybridized carbons (Fsp3) is 0.750. The maximum absolute atomic E-state index is 12.4. The van der Waals surface area contributed by atoms with E-state index in [4.69, 9.17) is 0 Å². The normalized spacial score (nSPS) is 38.5. The van der Waals surface area contributed by atoms with Crippen molar-refractivity contribution in [3.8, 4) is 0 Å². The third-order valence-corrected chi connectivity index (χ3v) is 6.88. The summed E-state index contributed by atoms with van der Waals surface area (Å²) in [5.41, 5.74) is 3.37. The molecule has 0 aliphatic heterocycles. The summed E-state index contributed by atoms with van der Waals surface area (Å²) in [4.78, 5) is 12.4. The molecule has 3 aliphatic rings. The number of allylic oxidation sites excluding steroid dienone is 4. The number of hydrogen-bond donors (Lipinski definition) is 0. The number of rotatable bonds is 1. The van der Waals surface area contributed by atoms with Crippen LogP contribution in [0.5, 0.6) is 0 Å². The molecule has 0 saturated heterocycles. The monoisotopic (exact) mass is 286 g/mol. The molecule has 116 valence electrons. The minimum atomic E-state index is -0.142. The fourth-order valence-corrected chi connectivity index (χ4v) is 5.36. The van der Waals surface area contributed by atoms with Gasteiger partial charge in [-0.1, -0.05) is 52.3 Å². The molecule has 3 aliphatic carbocycles. The third-order valence-electron chi connectivity index (χ3n) is 6.88. The van der Waals surface area contributed by atoms with Crippen LogP contribution < -0.4 is 0 Å². The zero-order valence-electron chi connectivity index (χ0n) is 14.3. The van der Waals surface area contributed by atoms with Crippen LogP contribution in [0.4, 0.5) is 0 Å². The molecule has 0 aromatic rings. The Balaban J connectivity index is 1.99. The first-order valence-corrected chi connectivity index (χ1v) is 8.70. The van der Waals surface area contributed by atoms with Crippen LogP contribution in [-0.4, -0.2) is 5.78 Å². The average molecular weight is 286 g/mol. The van der Waals surface area contributed by atoms with Crippen molar-refractivity contribution in [2.24, 2.45) is 28.6 Å². The molecular formula is C20H30O. The molecule has 1 nitrogen and oxygen atoms in total. The molecule has 0 radical (unpaired) electrons. The van der Waals surface area contributed by atoms with Crippen molar-refractivity contribution < 1.29 is 4.79 Å². The van der Waals surface area contributed by atoms with E-state index < -0.39 is 0 Å². The largest absolute Gasteiger partial charge is 0.299 e. The van der Waals surface area contributed by atoms with Gasteiger partial charge in [0.1, 0.15) is 5.78 Å². The Labute approximate surface area is 129 Å². The molecule has 0 N–H and O–H groups in total. The molecule has 1 saturated carbocycles. The highest BCUT2D eigenvalue weighted by Crippen LogP contribution is 2.60. The molecule has 3 rings (SSSR count). The molecule has 1 heteroatoms. The van der Waals surface area contributed by atoms with Crippen LogP contribution in [0.15, 0.2) is 23.3 Å². The van der Waals surface area contributed by atoms with Crippen molar-refractivity contribution >= 4 is 5.78 Å². The number of carbonyl (C=O) groups is 1. The Kier molecular flexibility index (Phi) is 3.46. The van der Waals surface area contributed by atoms with Gasteiger partial charge < -0.3 is 0 Å². The van der Waals surface area contributed by atoms with Gasteiger partial charge in [0, 0.05) is 11.8 Å². The lowest BCUT2D eigenvalue weighted by Crippen LogP contribution is -2.52. The Hall–Kier alpha value is -0.850. The van der Waals surface area contributed by atoms with E-state index in [1.807, 2.05) is 0 Å². The summed E-state index contributed by atoms with van der Waals surface area (Å²) in [7, 11) is 0. The Morgan fingerprint density at radius 3 is 2.57 bits per heavy atom. The number of fused-ring (bicyclic) bond motifs is 3. The van der Waals surface area contributed by atoms with Crippen molar-refractivity contribution in [1.29, 1.82) is 0 Å². The number of carbonyl (C=O) groups excluding carboxylic acids is 1. The van der Waals surface area contributed by atoms with Crippen LogP contribution in [0.2, 0.25) is 0 Å². The molecule has 0 aromatic carbocycles. The molecule has 3 atom stereocenters. The first-order chi connectivity index (χ1) is 9.76. The van der Waals surface area contributed by atoms with Crippen LogP contribution in [-0.2, 0) is 4.79 Å². The lowest BCUT2D eigenvalue weighted by molar-refractivity contribution is -0.143. The van der Waals surface area contributed by atoms with E-state index in [2.05, 4.69) is 46.8 Å². The summed E-state index contributed by atoms with van der Waals surface area (Å²) in [5.74, 6) is 2.35. The second-order valence-electron chi connectivity index (χ2n) is 8.61. The van der Waals surface area contributed by atoms with Gasteiger partial charge in [0.25, 0.3) is 0 Å². The van der Waals surface area contributed by atoms with Crippen LogP contribution >= 0.6 is 0 Å². The maximum atomic E-state index is 12.4. The summed E-state index contributed by atoms with van der Waals surface area (Å²) in [6.07, 6.45) is 10.4. The highest BCUT2D eigenvalue weighted by atomic mass is 16.1. The summed E-state index contributed by atoms with van der Waals surface area (Å²) >= 11 is 0. The molecule has 21 heavy (non-hydrogen) atoms. The quantitative estimate of drug-likeness (QED) is 0.637. The summed E-state index contributed by atoms with van der Waals surface area (Å²) in [6.45, 7) is 11.5. The molecule has 0 aromatic heterocycles. The van der Waals surface area contributed by atoms with E-state index in [1.165, 1.54) is 12.8 Å². The second-order valence-corrected chi connectivity index (χ2v) is 8.61. The smallest absolute Gasteiger partial charge is 0.138 e. The van der Waals surface area contributed by atoms with Gasteiger partial charge in [0.15, 0.2) is 0 Å². The number of ketones is 1.